The Morgan fingerprint density at radius 1 is 1.50 bits per heavy atom. The molecule has 16 heavy (non-hydrogen) atoms. The van der Waals surface area contributed by atoms with Crippen molar-refractivity contribution in [2.75, 3.05) is 26.2 Å². The zero-order valence-electron chi connectivity index (χ0n) is 10.5. The van der Waals surface area contributed by atoms with Crippen molar-refractivity contribution in [2.45, 2.75) is 45.2 Å². The van der Waals surface area contributed by atoms with Gasteiger partial charge in [0.05, 0.1) is 6.54 Å². The van der Waals surface area contributed by atoms with E-state index in [-0.39, 0.29) is 0 Å². The maximum Gasteiger partial charge on any atom is 0.194 e. The molecule has 0 aliphatic carbocycles. The lowest BCUT2D eigenvalue weighted by Crippen LogP contribution is -2.48. The molecule has 2 aliphatic rings. The van der Waals surface area contributed by atoms with E-state index in [0.717, 1.165) is 25.6 Å². The second-order valence-electron chi connectivity index (χ2n) is 5.02. The molecule has 1 atom stereocenters. The lowest BCUT2D eigenvalue weighted by molar-refractivity contribution is 0.356. The fourth-order valence-corrected chi connectivity index (χ4v) is 2.43. The summed E-state index contributed by atoms with van der Waals surface area (Å²) in [6.07, 6.45) is 3.98. The number of aliphatic imine (C=N–C) groups is 1. The van der Waals surface area contributed by atoms with Crippen molar-refractivity contribution in [1.82, 2.24) is 15.5 Å². The molecule has 0 radical (unpaired) electrons. The maximum absolute atomic E-state index is 4.53. The summed E-state index contributed by atoms with van der Waals surface area (Å²) in [5, 5.41) is 7.05. The zero-order chi connectivity index (χ0) is 11.4. The third-order valence-corrected chi connectivity index (χ3v) is 3.42. The van der Waals surface area contributed by atoms with Crippen molar-refractivity contribution in [3.63, 3.8) is 0 Å². The second kappa shape index (κ2) is 5.53. The first-order valence-corrected chi connectivity index (χ1v) is 6.55. The largest absolute Gasteiger partial charge is 0.355 e. The Labute approximate surface area is 98.5 Å². The molecule has 1 unspecified atom stereocenters. The molecule has 0 saturated carbocycles. The van der Waals surface area contributed by atoms with Crippen molar-refractivity contribution in [1.29, 1.82) is 0 Å². The second-order valence-corrected chi connectivity index (χ2v) is 5.02. The number of hydrogen-bond donors (Lipinski definition) is 2. The van der Waals surface area contributed by atoms with Gasteiger partial charge in [-0.2, -0.15) is 0 Å². The molecule has 0 bridgehead atoms. The van der Waals surface area contributed by atoms with Crippen molar-refractivity contribution in [3.8, 4) is 0 Å². The first-order chi connectivity index (χ1) is 7.77. The van der Waals surface area contributed by atoms with Crippen LogP contribution in [0.2, 0.25) is 0 Å². The average Bonchev–Trinajstić information content (AvgIpc) is 2.76. The predicted octanol–water partition coefficient (Wildman–Crippen LogP) is 0.798. The SMILES string of the molecule is CC(C)N1CCN=C1NCC1CCCCN1. The van der Waals surface area contributed by atoms with E-state index in [4.69, 9.17) is 0 Å². The monoisotopic (exact) mass is 224 g/mol. The highest BCUT2D eigenvalue weighted by atomic mass is 15.3. The Morgan fingerprint density at radius 2 is 2.38 bits per heavy atom. The number of nitrogens with one attached hydrogen (secondary N) is 2. The fourth-order valence-electron chi connectivity index (χ4n) is 2.43. The van der Waals surface area contributed by atoms with Crippen LogP contribution < -0.4 is 10.6 Å². The van der Waals surface area contributed by atoms with Gasteiger partial charge in [0.1, 0.15) is 0 Å². The number of guanidine groups is 1. The summed E-state index contributed by atoms with van der Waals surface area (Å²) in [7, 11) is 0. The van der Waals surface area contributed by atoms with Gasteiger partial charge in [-0.15, -0.1) is 0 Å². The summed E-state index contributed by atoms with van der Waals surface area (Å²) in [5.41, 5.74) is 0. The summed E-state index contributed by atoms with van der Waals surface area (Å²) in [6.45, 7) is 8.65. The molecular weight excluding hydrogens is 200 g/mol. The molecule has 2 rings (SSSR count). The summed E-state index contributed by atoms with van der Waals surface area (Å²) in [5.74, 6) is 1.10. The molecule has 0 aromatic rings. The van der Waals surface area contributed by atoms with Crippen molar-refractivity contribution in [2.24, 2.45) is 4.99 Å². The van der Waals surface area contributed by atoms with Crippen LogP contribution in [0.5, 0.6) is 0 Å². The summed E-state index contributed by atoms with van der Waals surface area (Å²) >= 11 is 0. The van der Waals surface area contributed by atoms with Crippen molar-refractivity contribution in [3.05, 3.63) is 0 Å². The topological polar surface area (TPSA) is 39.7 Å². The van der Waals surface area contributed by atoms with Crippen LogP contribution in [0.1, 0.15) is 33.1 Å². The Hall–Kier alpha value is -0.770. The minimum atomic E-state index is 0.549. The molecule has 0 aromatic heterocycles. The molecule has 0 aromatic carbocycles. The summed E-state index contributed by atoms with van der Waals surface area (Å²) < 4.78 is 0. The van der Waals surface area contributed by atoms with Crippen LogP contribution in [0.25, 0.3) is 0 Å². The fraction of sp³-hybridized carbons (Fsp3) is 0.917. The molecular formula is C12H24N4. The lowest BCUT2D eigenvalue weighted by Gasteiger charge is -2.28. The molecule has 2 heterocycles. The molecule has 2 aliphatic heterocycles. The van der Waals surface area contributed by atoms with Crippen LogP contribution >= 0.6 is 0 Å². The molecule has 1 fully saturated rings. The third kappa shape index (κ3) is 2.88. The third-order valence-electron chi connectivity index (χ3n) is 3.42. The van der Waals surface area contributed by atoms with Gasteiger partial charge in [0, 0.05) is 25.2 Å². The van der Waals surface area contributed by atoms with Crippen LogP contribution in [0, 0.1) is 0 Å². The van der Waals surface area contributed by atoms with E-state index in [1.165, 1.54) is 25.8 Å². The van der Waals surface area contributed by atoms with Gasteiger partial charge in [0.2, 0.25) is 0 Å². The smallest absolute Gasteiger partial charge is 0.194 e. The van der Waals surface area contributed by atoms with Gasteiger partial charge in [-0.3, -0.25) is 4.99 Å². The van der Waals surface area contributed by atoms with E-state index in [9.17, 15) is 0 Å². The zero-order valence-corrected chi connectivity index (χ0v) is 10.5. The van der Waals surface area contributed by atoms with Crippen LogP contribution in [-0.2, 0) is 0 Å². The predicted molar refractivity (Wildman–Crippen MR) is 67.8 cm³/mol. The molecule has 92 valence electrons. The molecule has 4 heteroatoms. The van der Waals surface area contributed by atoms with E-state index < -0.39 is 0 Å². The Bertz CT molecular complexity index is 243. The van der Waals surface area contributed by atoms with Gasteiger partial charge in [-0.1, -0.05) is 6.42 Å². The Balaban J connectivity index is 1.76. The minimum absolute atomic E-state index is 0.549. The van der Waals surface area contributed by atoms with E-state index >= 15 is 0 Å². The Kier molecular flexibility index (Phi) is 4.04. The normalized spacial score (nSPS) is 26.1. The van der Waals surface area contributed by atoms with Crippen molar-refractivity contribution < 1.29 is 0 Å². The maximum atomic E-state index is 4.53. The molecule has 0 amide bonds. The van der Waals surface area contributed by atoms with Gasteiger partial charge < -0.3 is 15.5 Å². The van der Waals surface area contributed by atoms with Gasteiger partial charge in [0.15, 0.2) is 5.96 Å². The quantitative estimate of drug-likeness (QED) is 0.745. The highest BCUT2D eigenvalue weighted by molar-refractivity contribution is 5.81. The van der Waals surface area contributed by atoms with Crippen LogP contribution in [0.15, 0.2) is 4.99 Å². The lowest BCUT2D eigenvalue weighted by atomic mass is 10.1. The average molecular weight is 224 g/mol. The summed E-state index contributed by atoms with van der Waals surface area (Å²) in [4.78, 5) is 6.88. The van der Waals surface area contributed by atoms with E-state index in [0.29, 0.717) is 12.1 Å². The first-order valence-electron chi connectivity index (χ1n) is 6.55. The minimum Gasteiger partial charge on any atom is -0.355 e. The van der Waals surface area contributed by atoms with E-state index in [1.54, 1.807) is 0 Å². The van der Waals surface area contributed by atoms with Crippen molar-refractivity contribution >= 4 is 5.96 Å². The van der Waals surface area contributed by atoms with Crippen LogP contribution in [0.4, 0.5) is 0 Å². The van der Waals surface area contributed by atoms with E-state index in [2.05, 4.69) is 34.4 Å². The molecule has 2 N–H and O–H groups in total. The van der Waals surface area contributed by atoms with Gasteiger partial charge in [-0.05, 0) is 33.2 Å². The summed E-state index contributed by atoms with van der Waals surface area (Å²) in [6, 6.07) is 1.18. The first kappa shape index (κ1) is 11.7. The van der Waals surface area contributed by atoms with Crippen LogP contribution in [0.3, 0.4) is 0 Å². The molecule has 0 spiro atoms. The van der Waals surface area contributed by atoms with Crippen LogP contribution in [-0.4, -0.2) is 49.1 Å². The highest BCUT2D eigenvalue weighted by Crippen LogP contribution is 2.08. The highest BCUT2D eigenvalue weighted by Gasteiger charge is 2.20. The number of piperidine rings is 1. The van der Waals surface area contributed by atoms with Gasteiger partial charge in [0.25, 0.3) is 0 Å². The molecule has 4 nitrogen and oxygen atoms in total. The molecule has 1 saturated heterocycles. The van der Waals surface area contributed by atoms with Gasteiger partial charge in [-0.25, -0.2) is 0 Å². The standard InChI is InChI=1S/C12H24N4/c1-10(2)16-8-7-14-12(16)15-9-11-5-3-4-6-13-11/h10-11,13H,3-9H2,1-2H3,(H,14,15). The number of hydrogen-bond acceptors (Lipinski definition) is 4. The Morgan fingerprint density at radius 3 is 3.06 bits per heavy atom. The van der Waals surface area contributed by atoms with E-state index in [1.807, 2.05) is 0 Å². The number of nitrogens with zero attached hydrogens (tertiary/aromatic N) is 2. The number of rotatable bonds is 3. The van der Waals surface area contributed by atoms with Gasteiger partial charge >= 0.3 is 0 Å².